The van der Waals surface area contributed by atoms with E-state index < -0.39 is 11.9 Å². The van der Waals surface area contributed by atoms with Crippen LogP contribution in [0.15, 0.2) is 63.3 Å². The number of carbonyl (C=O) groups is 1. The second kappa shape index (κ2) is 9.15. The third-order valence-electron chi connectivity index (χ3n) is 5.79. The molecule has 7 nitrogen and oxygen atoms in total. The van der Waals surface area contributed by atoms with E-state index in [0.717, 1.165) is 24.2 Å². The first-order chi connectivity index (χ1) is 16.2. The Hall–Kier alpha value is -3.52. The van der Waals surface area contributed by atoms with E-state index in [9.17, 15) is 9.59 Å². The molecule has 2 aromatic carbocycles. The zero-order valence-electron chi connectivity index (χ0n) is 18.2. The van der Waals surface area contributed by atoms with Gasteiger partial charge in [0.05, 0.1) is 23.6 Å². The molecule has 1 aliphatic rings. The number of hydrogen-bond acceptors (Lipinski definition) is 7. The van der Waals surface area contributed by atoms with Gasteiger partial charge in [0.25, 0.3) is 5.91 Å². The Kier molecular flexibility index (Phi) is 5.92. The van der Waals surface area contributed by atoms with E-state index in [1.54, 1.807) is 29.8 Å². The van der Waals surface area contributed by atoms with Crippen LogP contribution in [-0.2, 0) is 0 Å². The van der Waals surface area contributed by atoms with Gasteiger partial charge in [-0.1, -0.05) is 61.8 Å². The van der Waals surface area contributed by atoms with Crippen molar-refractivity contribution in [2.24, 2.45) is 0 Å². The molecule has 1 unspecified atom stereocenters. The van der Waals surface area contributed by atoms with Crippen molar-refractivity contribution < 1.29 is 13.9 Å². The fourth-order valence-corrected chi connectivity index (χ4v) is 4.75. The molecule has 4 aromatic rings. The van der Waals surface area contributed by atoms with Gasteiger partial charge in [-0.2, -0.15) is 0 Å². The van der Waals surface area contributed by atoms with E-state index in [1.165, 1.54) is 29.1 Å². The van der Waals surface area contributed by atoms with Crippen LogP contribution in [0.1, 0.15) is 60.3 Å². The minimum absolute atomic E-state index is 0.0511. The summed E-state index contributed by atoms with van der Waals surface area (Å²) in [6.07, 6.45) is 4.55. The van der Waals surface area contributed by atoms with Crippen molar-refractivity contribution in [1.82, 2.24) is 10.2 Å². The topological polar surface area (TPSA) is 85.5 Å². The largest absolute Gasteiger partial charge is 0.494 e. The number of unbranched alkanes of at least 4 members (excludes halogenated alkanes) is 3. The number of benzene rings is 2. The number of nitrogens with zero attached hydrogens (tertiary/aromatic N) is 3. The molecule has 0 spiro atoms. The van der Waals surface area contributed by atoms with Crippen molar-refractivity contribution in [3.05, 3.63) is 81.2 Å². The zero-order valence-corrected chi connectivity index (χ0v) is 19.0. The predicted molar refractivity (Wildman–Crippen MR) is 127 cm³/mol. The number of para-hydroxylation sites is 1. The molecule has 0 N–H and O–H groups in total. The van der Waals surface area contributed by atoms with Gasteiger partial charge in [0.1, 0.15) is 16.8 Å². The van der Waals surface area contributed by atoms with Crippen LogP contribution in [0.4, 0.5) is 5.13 Å². The van der Waals surface area contributed by atoms with E-state index in [1.807, 2.05) is 24.3 Å². The Morgan fingerprint density at radius 2 is 1.88 bits per heavy atom. The average molecular weight is 462 g/mol. The Bertz CT molecular complexity index is 1330. The maximum Gasteiger partial charge on any atom is 0.297 e. The minimum Gasteiger partial charge on any atom is -0.494 e. The van der Waals surface area contributed by atoms with Crippen LogP contribution in [0, 0.1) is 0 Å². The predicted octanol–water partition coefficient (Wildman–Crippen LogP) is 5.35. The summed E-state index contributed by atoms with van der Waals surface area (Å²) in [5.74, 6) is 0.411. The third kappa shape index (κ3) is 3.91. The maximum atomic E-state index is 13.5. The lowest BCUT2D eigenvalue weighted by Gasteiger charge is -2.22. The van der Waals surface area contributed by atoms with E-state index in [2.05, 4.69) is 17.1 Å². The molecule has 8 heteroatoms. The Labute approximate surface area is 194 Å². The van der Waals surface area contributed by atoms with E-state index in [4.69, 9.17) is 9.15 Å². The normalized spacial score (nSPS) is 15.2. The van der Waals surface area contributed by atoms with Gasteiger partial charge in [0.15, 0.2) is 5.43 Å². The van der Waals surface area contributed by atoms with Gasteiger partial charge >= 0.3 is 0 Å². The summed E-state index contributed by atoms with van der Waals surface area (Å²) in [7, 11) is 0. The summed E-state index contributed by atoms with van der Waals surface area (Å²) in [6.45, 7) is 2.84. The van der Waals surface area contributed by atoms with Crippen molar-refractivity contribution in [3.63, 3.8) is 0 Å². The van der Waals surface area contributed by atoms with Crippen molar-refractivity contribution in [3.8, 4) is 5.75 Å². The lowest BCUT2D eigenvalue weighted by molar-refractivity contribution is 0.0970. The first-order valence-corrected chi connectivity index (χ1v) is 11.9. The van der Waals surface area contributed by atoms with Crippen LogP contribution in [0.2, 0.25) is 0 Å². The highest BCUT2D eigenvalue weighted by atomic mass is 32.1. The van der Waals surface area contributed by atoms with Crippen molar-refractivity contribution in [1.29, 1.82) is 0 Å². The van der Waals surface area contributed by atoms with Crippen molar-refractivity contribution in [2.75, 3.05) is 11.5 Å². The second-order valence-corrected chi connectivity index (χ2v) is 8.76. The number of aromatic nitrogens is 2. The molecule has 5 rings (SSSR count). The molecule has 168 valence electrons. The summed E-state index contributed by atoms with van der Waals surface area (Å²) in [5, 5.41) is 8.84. The number of anilines is 1. The number of carbonyl (C=O) groups excluding carboxylic acids is 1. The number of fused-ring (bicyclic) bond motifs is 2. The number of amides is 1. The molecular weight excluding hydrogens is 438 g/mol. The molecule has 1 aliphatic heterocycles. The smallest absolute Gasteiger partial charge is 0.297 e. The molecule has 3 heterocycles. The van der Waals surface area contributed by atoms with Crippen LogP contribution in [0.25, 0.3) is 11.0 Å². The van der Waals surface area contributed by atoms with Gasteiger partial charge in [-0.25, -0.2) is 0 Å². The summed E-state index contributed by atoms with van der Waals surface area (Å²) in [5.41, 5.74) is 2.83. The molecule has 0 fully saturated rings. The summed E-state index contributed by atoms with van der Waals surface area (Å²) in [4.78, 5) is 28.3. The highest BCUT2D eigenvalue weighted by Crippen LogP contribution is 2.41. The van der Waals surface area contributed by atoms with E-state index in [0.29, 0.717) is 28.3 Å². The first-order valence-electron chi connectivity index (χ1n) is 11.1. The van der Waals surface area contributed by atoms with E-state index >= 15 is 0 Å². The van der Waals surface area contributed by atoms with Gasteiger partial charge in [-0.3, -0.25) is 14.5 Å². The standard InChI is InChI=1S/C25H23N3O4S/c1-2-3-4-7-14-31-17-12-10-16(11-13-17)21-20-22(29)18-8-5-6-9-19(18)32-23(20)24(30)28(21)25-27-26-15-33-25/h5-6,8-13,15,21H,2-4,7,14H2,1H3. The zero-order chi connectivity index (χ0) is 22.8. The van der Waals surface area contributed by atoms with Gasteiger partial charge in [-0.15, -0.1) is 10.2 Å². The van der Waals surface area contributed by atoms with Crippen molar-refractivity contribution >= 4 is 33.3 Å². The summed E-state index contributed by atoms with van der Waals surface area (Å²) in [6, 6.07) is 13.8. The molecule has 1 amide bonds. The molecule has 33 heavy (non-hydrogen) atoms. The molecule has 0 bridgehead atoms. The van der Waals surface area contributed by atoms with E-state index in [-0.39, 0.29) is 11.2 Å². The van der Waals surface area contributed by atoms with Gasteiger partial charge in [-0.05, 0) is 36.2 Å². The van der Waals surface area contributed by atoms with Crippen molar-refractivity contribution in [2.45, 2.75) is 38.6 Å². The lowest BCUT2D eigenvalue weighted by Crippen LogP contribution is -2.29. The highest BCUT2D eigenvalue weighted by Gasteiger charge is 2.44. The number of hydrogen-bond donors (Lipinski definition) is 0. The fraction of sp³-hybridized carbons (Fsp3) is 0.280. The Balaban J connectivity index is 1.53. The van der Waals surface area contributed by atoms with Crippen LogP contribution < -0.4 is 15.1 Å². The number of rotatable bonds is 8. The minimum atomic E-state index is -0.653. The Morgan fingerprint density at radius 1 is 1.06 bits per heavy atom. The second-order valence-electron chi connectivity index (χ2n) is 7.95. The van der Waals surface area contributed by atoms with Crippen LogP contribution >= 0.6 is 11.3 Å². The van der Waals surface area contributed by atoms with Gasteiger partial charge in [0.2, 0.25) is 10.9 Å². The van der Waals surface area contributed by atoms with Crippen LogP contribution in [-0.4, -0.2) is 22.7 Å². The van der Waals surface area contributed by atoms with Crippen LogP contribution in [0.5, 0.6) is 5.75 Å². The Morgan fingerprint density at radius 3 is 2.64 bits per heavy atom. The summed E-state index contributed by atoms with van der Waals surface area (Å²) < 4.78 is 11.8. The summed E-state index contributed by atoms with van der Waals surface area (Å²) >= 11 is 1.24. The molecule has 0 aliphatic carbocycles. The third-order valence-corrected chi connectivity index (χ3v) is 6.48. The molecule has 0 radical (unpaired) electrons. The molecule has 0 saturated carbocycles. The quantitative estimate of drug-likeness (QED) is 0.329. The average Bonchev–Trinajstić information content (AvgIpc) is 3.46. The first kappa shape index (κ1) is 21.3. The fourth-order valence-electron chi connectivity index (χ4n) is 4.17. The SMILES string of the molecule is CCCCCCOc1ccc(C2c3c(oc4ccccc4c3=O)C(=O)N2c2nncs2)cc1. The lowest BCUT2D eigenvalue weighted by atomic mass is 9.98. The monoisotopic (exact) mass is 461 g/mol. The van der Waals surface area contributed by atoms with Gasteiger partial charge < -0.3 is 9.15 Å². The molecule has 1 atom stereocenters. The molecule has 0 saturated heterocycles. The number of ether oxygens (including phenoxy) is 1. The molecule has 2 aromatic heterocycles. The highest BCUT2D eigenvalue weighted by molar-refractivity contribution is 7.13. The molecular formula is C25H23N3O4S. The maximum absolute atomic E-state index is 13.5. The van der Waals surface area contributed by atoms with Gasteiger partial charge in [0, 0.05) is 0 Å². The van der Waals surface area contributed by atoms with Crippen LogP contribution in [0.3, 0.4) is 0 Å².